The number of hydrogen-bond acceptors (Lipinski definition) is 1. The number of urea groups is 1. The maximum absolute atomic E-state index is 12.2. The van der Waals surface area contributed by atoms with Gasteiger partial charge < -0.3 is 10.2 Å². The number of nitrogens with one attached hydrogen (secondary N) is 1. The van der Waals surface area contributed by atoms with Crippen LogP contribution in [0, 0.1) is 0 Å². The molecule has 0 spiro atoms. The van der Waals surface area contributed by atoms with Gasteiger partial charge >= 0.3 is 6.03 Å². The molecule has 0 heterocycles. The Morgan fingerprint density at radius 1 is 1.18 bits per heavy atom. The Bertz CT molecular complexity index is 641. The molecule has 2 aromatic rings. The number of carbonyl (C=O) groups is 1. The van der Waals surface area contributed by atoms with Crippen molar-refractivity contribution < 1.29 is 4.79 Å². The fourth-order valence-corrected chi connectivity index (χ4v) is 2.46. The van der Waals surface area contributed by atoms with Gasteiger partial charge in [-0.25, -0.2) is 4.79 Å². The van der Waals surface area contributed by atoms with E-state index < -0.39 is 0 Å². The third kappa shape index (κ3) is 5.04. The van der Waals surface area contributed by atoms with Crippen LogP contribution in [0.15, 0.2) is 65.3 Å². The minimum absolute atomic E-state index is 0.0994. The van der Waals surface area contributed by atoms with Crippen LogP contribution in [0.5, 0.6) is 0 Å². The lowest BCUT2D eigenvalue weighted by molar-refractivity contribution is 0.202. The molecule has 2 amide bonds. The first-order chi connectivity index (χ1) is 10.7. The average Bonchev–Trinajstić information content (AvgIpc) is 2.53. The third-order valence-corrected chi connectivity index (χ3v) is 3.71. The van der Waals surface area contributed by atoms with Crippen LogP contribution in [0.4, 0.5) is 4.79 Å². The molecular weight excluding hydrogens is 340 g/mol. The summed E-state index contributed by atoms with van der Waals surface area (Å²) in [6.07, 6.45) is 3.55. The molecule has 2 rings (SSSR count). The molecule has 0 radical (unpaired) electrons. The van der Waals surface area contributed by atoms with Crippen molar-refractivity contribution in [1.29, 1.82) is 0 Å². The second-order valence-corrected chi connectivity index (χ2v) is 5.75. The molecule has 0 aliphatic carbocycles. The predicted octanol–water partition coefficient (Wildman–Crippen LogP) is 4.65. The normalized spacial score (nSPS) is 10.6. The Kier molecular flexibility index (Phi) is 6.22. The van der Waals surface area contributed by atoms with Crippen LogP contribution < -0.4 is 5.32 Å². The van der Waals surface area contributed by atoms with Crippen LogP contribution in [0.25, 0.3) is 6.08 Å². The quantitative estimate of drug-likeness (QED) is 0.828. The van der Waals surface area contributed by atoms with Gasteiger partial charge in [0.1, 0.15) is 0 Å². The van der Waals surface area contributed by atoms with E-state index in [0.717, 1.165) is 15.6 Å². The Morgan fingerprint density at radius 2 is 1.95 bits per heavy atom. The van der Waals surface area contributed by atoms with Gasteiger partial charge in [0, 0.05) is 23.8 Å². The van der Waals surface area contributed by atoms with Crippen molar-refractivity contribution in [2.24, 2.45) is 0 Å². The predicted molar refractivity (Wildman–Crippen MR) is 94.2 cm³/mol. The van der Waals surface area contributed by atoms with Gasteiger partial charge in [0.05, 0.1) is 0 Å². The molecule has 0 aliphatic heterocycles. The van der Waals surface area contributed by atoms with Crippen molar-refractivity contribution in [3.05, 3.63) is 76.4 Å². The molecule has 0 fully saturated rings. The second-order valence-electron chi connectivity index (χ2n) is 4.84. The van der Waals surface area contributed by atoms with E-state index in [-0.39, 0.29) is 6.03 Å². The summed E-state index contributed by atoms with van der Waals surface area (Å²) in [4.78, 5) is 14.0. The molecule has 114 valence electrons. The van der Waals surface area contributed by atoms with E-state index >= 15 is 0 Å². The highest BCUT2D eigenvalue weighted by atomic mass is 79.9. The number of rotatable bonds is 5. The third-order valence-electron chi connectivity index (χ3n) is 3.22. The number of nitrogens with zero attached hydrogens (tertiary/aromatic N) is 1. The molecule has 4 heteroatoms. The van der Waals surface area contributed by atoms with Crippen LogP contribution in [0.1, 0.15) is 18.1 Å². The smallest absolute Gasteiger partial charge is 0.321 e. The van der Waals surface area contributed by atoms with Crippen LogP contribution >= 0.6 is 15.9 Å². The van der Waals surface area contributed by atoms with Crippen molar-refractivity contribution >= 4 is 28.0 Å². The standard InChI is InChI=1S/C18H19BrN2O/c1-2-21(14-16-7-4-3-5-8-16)18(22)20-12-11-15-9-6-10-17(19)13-15/h3-13H,2,14H2,1H3,(H,20,22)/b12-11+. The zero-order valence-electron chi connectivity index (χ0n) is 12.5. The van der Waals surface area contributed by atoms with Crippen LogP contribution in [-0.4, -0.2) is 17.5 Å². The Hall–Kier alpha value is -2.07. The largest absolute Gasteiger partial charge is 0.321 e. The number of carbonyl (C=O) groups excluding carboxylic acids is 1. The van der Waals surface area contributed by atoms with E-state index in [2.05, 4.69) is 21.2 Å². The molecule has 0 saturated carbocycles. The monoisotopic (exact) mass is 358 g/mol. The summed E-state index contributed by atoms with van der Waals surface area (Å²) in [6, 6.07) is 17.8. The van der Waals surface area contributed by atoms with Crippen molar-refractivity contribution in [3.8, 4) is 0 Å². The molecule has 0 saturated heterocycles. The van der Waals surface area contributed by atoms with Crippen molar-refractivity contribution in [3.63, 3.8) is 0 Å². The molecule has 0 atom stereocenters. The Morgan fingerprint density at radius 3 is 2.64 bits per heavy atom. The molecule has 0 unspecified atom stereocenters. The molecule has 0 bridgehead atoms. The SMILES string of the molecule is CCN(Cc1ccccc1)C(=O)N/C=C/c1cccc(Br)c1. The highest BCUT2D eigenvalue weighted by molar-refractivity contribution is 9.10. The molecule has 0 aliphatic rings. The first kappa shape index (κ1) is 16.3. The average molecular weight is 359 g/mol. The fraction of sp³-hybridized carbons (Fsp3) is 0.167. The van der Waals surface area contributed by atoms with Crippen LogP contribution in [0.2, 0.25) is 0 Å². The molecule has 22 heavy (non-hydrogen) atoms. The highest BCUT2D eigenvalue weighted by Gasteiger charge is 2.09. The summed E-state index contributed by atoms with van der Waals surface area (Å²) < 4.78 is 1.01. The van der Waals surface area contributed by atoms with Gasteiger partial charge in [0.2, 0.25) is 0 Å². The number of hydrogen-bond donors (Lipinski definition) is 1. The number of benzene rings is 2. The molecule has 0 aromatic heterocycles. The minimum Gasteiger partial charge on any atom is -0.321 e. The van der Waals surface area contributed by atoms with Gasteiger partial charge in [0.15, 0.2) is 0 Å². The van der Waals surface area contributed by atoms with E-state index in [1.54, 1.807) is 11.1 Å². The number of amides is 2. The van der Waals surface area contributed by atoms with E-state index in [1.807, 2.05) is 67.6 Å². The highest BCUT2D eigenvalue weighted by Crippen LogP contribution is 2.12. The summed E-state index contributed by atoms with van der Waals surface area (Å²) in [5.41, 5.74) is 2.15. The Labute approximate surface area is 139 Å². The summed E-state index contributed by atoms with van der Waals surface area (Å²) in [6.45, 7) is 3.24. The van der Waals surface area contributed by atoms with E-state index in [0.29, 0.717) is 13.1 Å². The van der Waals surface area contributed by atoms with Gasteiger partial charge in [-0.05, 0) is 36.3 Å². The van der Waals surface area contributed by atoms with Gasteiger partial charge in [-0.3, -0.25) is 0 Å². The minimum atomic E-state index is -0.0994. The van der Waals surface area contributed by atoms with Crippen LogP contribution in [-0.2, 0) is 6.54 Å². The summed E-state index contributed by atoms with van der Waals surface area (Å²) in [7, 11) is 0. The second kappa shape index (κ2) is 8.39. The van der Waals surface area contributed by atoms with Crippen molar-refractivity contribution in [2.75, 3.05) is 6.54 Å². The molecule has 2 aromatic carbocycles. The first-order valence-corrected chi connectivity index (χ1v) is 8.00. The summed E-state index contributed by atoms with van der Waals surface area (Å²) >= 11 is 3.43. The van der Waals surface area contributed by atoms with Gasteiger partial charge in [-0.15, -0.1) is 0 Å². The van der Waals surface area contributed by atoms with Crippen LogP contribution in [0.3, 0.4) is 0 Å². The topological polar surface area (TPSA) is 32.3 Å². The first-order valence-electron chi connectivity index (χ1n) is 7.20. The van der Waals surface area contributed by atoms with Gasteiger partial charge in [-0.1, -0.05) is 58.4 Å². The lowest BCUT2D eigenvalue weighted by Crippen LogP contribution is -2.36. The fourth-order valence-electron chi connectivity index (χ4n) is 2.04. The maximum Gasteiger partial charge on any atom is 0.321 e. The maximum atomic E-state index is 12.2. The zero-order valence-corrected chi connectivity index (χ0v) is 14.1. The summed E-state index contributed by atoms with van der Waals surface area (Å²) in [5, 5.41) is 2.81. The van der Waals surface area contributed by atoms with Gasteiger partial charge in [0.25, 0.3) is 0 Å². The lowest BCUT2D eigenvalue weighted by atomic mass is 10.2. The van der Waals surface area contributed by atoms with Crippen molar-refractivity contribution in [1.82, 2.24) is 10.2 Å². The molecule has 3 nitrogen and oxygen atoms in total. The summed E-state index contributed by atoms with van der Waals surface area (Å²) in [5.74, 6) is 0. The van der Waals surface area contributed by atoms with E-state index in [1.165, 1.54) is 0 Å². The van der Waals surface area contributed by atoms with E-state index in [4.69, 9.17) is 0 Å². The number of halogens is 1. The zero-order chi connectivity index (χ0) is 15.8. The van der Waals surface area contributed by atoms with Gasteiger partial charge in [-0.2, -0.15) is 0 Å². The molecular formula is C18H19BrN2O. The Balaban J connectivity index is 1.92. The lowest BCUT2D eigenvalue weighted by Gasteiger charge is -2.20. The van der Waals surface area contributed by atoms with Crippen molar-refractivity contribution in [2.45, 2.75) is 13.5 Å². The van der Waals surface area contributed by atoms with E-state index in [9.17, 15) is 4.79 Å². The molecule has 1 N–H and O–H groups in total.